The van der Waals surface area contributed by atoms with Gasteiger partial charge in [-0.05, 0) is 43.5 Å². The van der Waals surface area contributed by atoms with Gasteiger partial charge in [-0.15, -0.1) is 0 Å². The minimum Gasteiger partial charge on any atom is -0.356 e. The minimum absolute atomic E-state index is 0.187. The van der Waals surface area contributed by atoms with Crippen LogP contribution in [-0.4, -0.2) is 56.8 Å². The van der Waals surface area contributed by atoms with Crippen molar-refractivity contribution >= 4 is 28.5 Å². The van der Waals surface area contributed by atoms with Crippen LogP contribution in [0.5, 0.6) is 0 Å². The number of ether oxygens (including phenoxy) is 1. The van der Waals surface area contributed by atoms with Gasteiger partial charge in [-0.1, -0.05) is 44.2 Å². The minimum atomic E-state index is -0.700. The molecule has 9 nitrogen and oxygen atoms in total. The summed E-state index contributed by atoms with van der Waals surface area (Å²) in [4.78, 5) is 32.1. The van der Waals surface area contributed by atoms with Crippen LogP contribution < -0.4 is 10.2 Å². The number of nitrogens with one attached hydrogen (secondary N) is 1. The van der Waals surface area contributed by atoms with Crippen LogP contribution in [0.2, 0.25) is 0 Å². The van der Waals surface area contributed by atoms with Gasteiger partial charge in [0.25, 0.3) is 0 Å². The second kappa shape index (κ2) is 10.8. The van der Waals surface area contributed by atoms with Crippen molar-refractivity contribution in [1.82, 2.24) is 25.0 Å². The van der Waals surface area contributed by atoms with Crippen LogP contribution in [0.15, 0.2) is 54.9 Å². The van der Waals surface area contributed by atoms with E-state index in [1.807, 2.05) is 44.8 Å². The molecule has 3 aliphatic heterocycles. The first-order valence-corrected chi connectivity index (χ1v) is 14.9. The zero-order valence-corrected chi connectivity index (χ0v) is 25.3. The molecule has 2 aromatic carbocycles. The van der Waals surface area contributed by atoms with Crippen LogP contribution in [0.1, 0.15) is 50.4 Å². The lowest BCUT2D eigenvalue weighted by atomic mass is 9.80. The van der Waals surface area contributed by atoms with E-state index in [0.717, 1.165) is 29.9 Å². The molecule has 224 valence electrons. The monoisotopic (exact) mass is 584 g/mol. The largest absolute Gasteiger partial charge is 0.356 e. The number of amides is 3. The molecule has 3 fully saturated rings. The number of aromatic nitrogens is 3. The fraction of sp³-hybridized carbons (Fsp3) is 0.394. The van der Waals surface area contributed by atoms with Gasteiger partial charge >= 0.3 is 6.03 Å². The predicted octanol–water partition coefficient (Wildman–Crippen LogP) is 5.45. The highest BCUT2D eigenvalue weighted by atomic mass is 19.1. The lowest BCUT2D eigenvalue weighted by molar-refractivity contribution is -0.120. The Morgan fingerprint density at radius 1 is 1.09 bits per heavy atom. The van der Waals surface area contributed by atoms with Gasteiger partial charge in [0.2, 0.25) is 5.91 Å². The van der Waals surface area contributed by atoms with Crippen LogP contribution in [0.4, 0.5) is 14.9 Å². The molecule has 2 unspecified atom stereocenters. The number of carbonyl (C=O) groups is 2. The molecule has 10 heteroatoms. The van der Waals surface area contributed by atoms with Crippen LogP contribution in [0.3, 0.4) is 0 Å². The van der Waals surface area contributed by atoms with Gasteiger partial charge in [0.05, 0.1) is 23.1 Å². The van der Waals surface area contributed by atoms with Crippen molar-refractivity contribution in [3.8, 4) is 11.1 Å². The topological polar surface area (TPSA) is 95.9 Å². The fourth-order valence-corrected chi connectivity index (χ4v) is 6.62. The number of carbonyl (C=O) groups excluding carboxylic acids is 2. The molecular weight excluding hydrogens is 547 g/mol. The number of imide groups is 1. The van der Waals surface area contributed by atoms with Crippen molar-refractivity contribution < 1.29 is 18.7 Å². The summed E-state index contributed by atoms with van der Waals surface area (Å²) in [5.74, 6) is -0.690. The van der Waals surface area contributed by atoms with Crippen molar-refractivity contribution in [2.75, 3.05) is 24.5 Å². The second-order valence-corrected chi connectivity index (χ2v) is 11.6. The summed E-state index contributed by atoms with van der Waals surface area (Å²) < 4.78 is 24.4. The molecule has 0 aliphatic carbocycles. The second-order valence-electron chi connectivity index (χ2n) is 11.6. The first kappa shape index (κ1) is 28.9. The van der Waals surface area contributed by atoms with Gasteiger partial charge in [0.15, 0.2) is 0 Å². The summed E-state index contributed by atoms with van der Waals surface area (Å²) in [7, 11) is 1.93. The number of benzene rings is 2. The van der Waals surface area contributed by atoms with E-state index in [9.17, 15) is 9.59 Å². The van der Waals surface area contributed by atoms with Crippen molar-refractivity contribution in [2.45, 2.75) is 58.3 Å². The number of likely N-dealkylation sites (tertiary alicyclic amines) is 1. The Morgan fingerprint density at radius 2 is 1.86 bits per heavy atom. The Hall–Kier alpha value is -4.15. The summed E-state index contributed by atoms with van der Waals surface area (Å²) in [6.07, 6.45) is 4.43. The summed E-state index contributed by atoms with van der Waals surface area (Å²) in [6.45, 7) is 10.6. The molecule has 3 saturated heterocycles. The number of nitrogens with zero attached hydrogens (tertiary/aromatic N) is 5. The van der Waals surface area contributed by atoms with Crippen molar-refractivity contribution in [3.05, 3.63) is 77.5 Å². The Morgan fingerprint density at radius 3 is 2.53 bits per heavy atom. The number of aryl methyl sites for hydroxylation is 2. The van der Waals surface area contributed by atoms with E-state index >= 15 is 4.39 Å². The Balaban J connectivity index is 0.00000161. The first-order chi connectivity index (χ1) is 20.7. The third-order valence-electron chi connectivity index (χ3n) is 8.79. The molecule has 0 bridgehead atoms. The SMILES string of the molecule is CC.Cc1nn(C)cc1-c1ccc(CN2CCC3(c4ccc5ncc(N6CCC(=O)NC6=O)cc5c4F)OC3(C)C2)cc1. The third kappa shape index (κ3) is 4.98. The van der Waals surface area contributed by atoms with Gasteiger partial charge < -0.3 is 4.74 Å². The molecule has 2 aromatic heterocycles. The molecule has 5 heterocycles. The highest BCUT2D eigenvalue weighted by Gasteiger charge is 2.70. The lowest BCUT2D eigenvalue weighted by Gasteiger charge is -2.33. The number of rotatable bonds is 5. The van der Waals surface area contributed by atoms with E-state index in [-0.39, 0.29) is 24.7 Å². The molecule has 1 N–H and O–H groups in total. The Kier molecular flexibility index (Phi) is 7.30. The average Bonchev–Trinajstić information content (AvgIpc) is 3.48. The maximum atomic E-state index is 16.1. The summed E-state index contributed by atoms with van der Waals surface area (Å²) in [5, 5.41) is 7.09. The molecule has 0 radical (unpaired) electrons. The molecule has 7 rings (SSSR count). The van der Waals surface area contributed by atoms with Crippen LogP contribution >= 0.6 is 0 Å². The van der Waals surface area contributed by atoms with E-state index in [0.29, 0.717) is 35.1 Å². The number of pyridine rings is 1. The number of fused-ring (bicyclic) bond motifs is 2. The summed E-state index contributed by atoms with van der Waals surface area (Å²) >= 11 is 0. The molecule has 3 amide bonds. The fourth-order valence-electron chi connectivity index (χ4n) is 6.62. The van der Waals surface area contributed by atoms with Gasteiger partial charge in [0.1, 0.15) is 17.0 Å². The lowest BCUT2D eigenvalue weighted by Crippen LogP contribution is -2.49. The van der Waals surface area contributed by atoms with Gasteiger partial charge in [-0.2, -0.15) is 5.10 Å². The molecule has 0 spiro atoms. The number of anilines is 1. The first-order valence-electron chi connectivity index (χ1n) is 14.9. The molecular formula is C33H37FN6O3. The maximum Gasteiger partial charge on any atom is 0.328 e. The highest BCUT2D eigenvalue weighted by molar-refractivity contribution is 6.06. The quantitative estimate of drug-likeness (QED) is 0.314. The smallest absolute Gasteiger partial charge is 0.328 e. The molecule has 0 saturated carbocycles. The van der Waals surface area contributed by atoms with Gasteiger partial charge in [-0.25, -0.2) is 9.18 Å². The molecule has 2 atom stereocenters. The maximum absolute atomic E-state index is 16.1. The van der Waals surface area contributed by atoms with E-state index in [1.165, 1.54) is 16.7 Å². The van der Waals surface area contributed by atoms with Gasteiger partial charge in [-0.3, -0.25) is 29.6 Å². The highest BCUT2D eigenvalue weighted by Crippen LogP contribution is 2.61. The van der Waals surface area contributed by atoms with E-state index in [1.54, 1.807) is 12.1 Å². The van der Waals surface area contributed by atoms with Crippen molar-refractivity contribution in [2.24, 2.45) is 7.05 Å². The number of piperidine rings is 1. The van der Waals surface area contributed by atoms with Crippen molar-refractivity contribution in [3.63, 3.8) is 0 Å². The van der Waals surface area contributed by atoms with Gasteiger partial charge in [0, 0.05) is 62.4 Å². The number of urea groups is 1. The number of hydrogen-bond acceptors (Lipinski definition) is 6. The molecule has 3 aliphatic rings. The molecule has 43 heavy (non-hydrogen) atoms. The number of halogens is 1. The van der Waals surface area contributed by atoms with Crippen LogP contribution in [0, 0.1) is 12.7 Å². The van der Waals surface area contributed by atoms with Crippen LogP contribution in [-0.2, 0) is 28.7 Å². The summed E-state index contributed by atoms with van der Waals surface area (Å²) in [5.41, 5.74) is 4.78. The van der Waals surface area contributed by atoms with E-state index in [2.05, 4.69) is 51.5 Å². The van der Waals surface area contributed by atoms with Crippen molar-refractivity contribution in [1.29, 1.82) is 0 Å². The number of hydrogen-bond donors (Lipinski definition) is 1. The normalized spacial score (nSPS) is 23.4. The average molecular weight is 585 g/mol. The van der Waals surface area contributed by atoms with E-state index < -0.39 is 17.2 Å². The zero-order valence-electron chi connectivity index (χ0n) is 25.3. The standard InChI is InChI=1S/C31H31FN6O3.C2H6/c1-19-24(17-36(3)35-19)21-6-4-20(5-7-21)16-37-13-11-31(30(2,18-37)41-31)25-8-9-26-23(28(25)32)14-22(15-33-26)38-12-10-27(39)34-29(38)40;1-2/h4-9,14-15,17H,10-13,16,18H2,1-3H3,(H,34,39,40);1-2H3. The van der Waals surface area contributed by atoms with E-state index in [4.69, 9.17) is 4.74 Å². The Bertz CT molecular complexity index is 1720. The Labute approximate surface area is 250 Å². The molecule has 4 aromatic rings. The zero-order chi connectivity index (χ0) is 30.5. The number of epoxide rings is 1. The predicted molar refractivity (Wildman–Crippen MR) is 163 cm³/mol. The van der Waals surface area contributed by atoms with Crippen LogP contribution in [0.25, 0.3) is 22.0 Å². The summed E-state index contributed by atoms with van der Waals surface area (Å²) in [6, 6.07) is 13.3. The third-order valence-corrected chi connectivity index (χ3v) is 8.79.